The van der Waals surface area contributed by atoms with E-state index >= 15 is 0 Å². The Kier molecular flexibility index (Phi) is 8.09. The predicted molar refractivity (Wildman–Crippen MR) is 116 cm³/mol. The first-order chi connectivity index (χ1) is 14.1. The van der Waals surface area contributed by atoms with E-state index in [1.54, 1.807) is 24.1 Å². The van der Waals surface area contributed by atoms with Crippen molar-refractivity contribution in [3.8, 4) is 5.75 Å². The number of benzene rings is 1. The van der Waals surface area contributed by atoms with Gasteiger partial charge in [-0.25, -0.2) is 4.39 Å². The molecule has 2 aliphatic rings. The van der Waals surface area contributed by atoms with Gasteiger partial charge in [-0.3, -0.25) is 0 Å². The average Bonchev–Trinajstić information content (AvgIpc) is 2.76. The van der Waals surface area contributed by atoms with E-state index < -0.39 is 11.6 Å². The van der Waals surface area contributed by atoms with Crippen LogP contribution in [0.1, 0.15) is 70.8 Å². The Bertz CT molecular complexity index is 775. The Hall–Kier alpha value is -1.90. The molecule has 0 aliphatic heterocycles. The van der Waals surface area contributed by atoms with Gasteiger partial charge in [0.25, 0.3) is 0 Å². The maximum Gasteiger partial charge on any atom is 0.200 e. The zero-order valence-electron chi connectivity index (χ0n) is 17.9. The van der Waals surface area contributed by atoms with Gasteiger partial charge in [0.2, 0.25) is 5.82 Å². The zero-order chi connectivity index (χ0) is 20.6. The van der Waals surface area contributed by atoms with E-state index in [2.05, 4.69) is 31.2 Å². The monoisotopic (exact) mass is 400 g/mol. The van der Waals surface area contributed by atoms with Crippen molar-refractivity contribution >= 4 is 0 Å². The SMILES string of the molecule is CCOc1ccc(CC/C=C/C2CC=C(C3CC=C(CC)CC3)CC2)c(F)c1F. The summed E-state index contributed by atoms with van der Waals surface area (Å²) in [6.07, 6.45) is 19.1. The van der Waals surface area contributed by atoms with Crippen LogP contribution in [0.5, 0.6) is 5.75 Å². The van der Waals surface area contributed by atoms with Crippen molar-refractivity contribution < 1.29 is 13.5 Å². The summed E-state index contributed by atoms with van der Waals surface area (Å²) in [4.78, 5) is 0. The maximum absolute atomic E-state index is 14.1. The van der Waals surface area contributed by atoms with E-state index in [0.717, 1.165) is 18.8 Å². The number of ether oxygens (including phenoxy) is 1. The Morgan fingerprint density at radius 3 is 2.55 bits per heavy atom. The molecule has 0 amide bonds. The molecule has 29 heavy (non-hydrogen) atoms. The lowest BCUT2D eigenvalue weighted by Gasteiger charge is -2.28. The van der Waals surface area contributed by atoms with Gasteiger partial charge >= 0.3 is 0 Å². The highest BCUT2D eigenvalue weighted by molar-refractivity contribution is 5.31. The second kappa shape index (κ2) is 10.8. The molecule has 0 bridgehead atoms. The predicted octanol–water partition coefficient (Wildman–Crippen LogP) is 7.72. The second-order valence-electron chi connectivity index (χ2n) is 8.25. The van der Waals surface area contributed by atoms with Crippen LogP contribution in [0.2, 0.25) is 0 Å². The zero-order valence-corrected chi connectivity index (χ0v) is 17.9. The molecule has 0 N–H and O–H groups in total. The van der Waals surface area contributed by atoms with E-state index in [1.807, 2.05) is 0 Å². The molecule has 0 saturated heterocycles. The summed E-state index contributed by atoms with van der Waals surface area (Å²) in [6, 6.07) is 3.16. The minimum atomic E-state index is -0.873. The molecule has 0 heterocycles. The van der Waals surface area contributed by atoms with Crippen LogP contribution in [-0.4, -0.2) is 6.61 Å². The van der Waals surface area contributed by atoms with Gasteiger partial charge in [0.1, 0.15) is 0 Å². The Balaban J connectivity index is 1.46. The first-order valence-electron chi connectivity index (χ1n) is 11.3. The third-order valence-electron chi connectivity index (χ3n) is 6.39. The van der Waals surface area contributed by atoms with Gasteiger partial charge in [-0.15, -0.1) is 0 Å². The van der Waals surface area contributed by atoms with Crippen molar-refractivity contribution in [1.82, 2.24) is 0 Å². The maximum atomic E-state index is 14.1. The summed E-state index contributed by atoms with van der Waals surface area (Å²) in [6.45, 7) is 4.34. The largest absolute Gasteiger partial charge is 0.491 e. The average molecular weight is 401 g/mol. The van der Waals surface area contributed by atoms with E-state index in [-0.39, 0.29) is 5.75 Å². The van der Waals surface area contributed by atoms with Crippen molar-refractivity contribution in [2.75, 3.05) is 6.61 Å². The summed E-state index contributed by atoms with van der Waals surface area (Å²) >= 11 is 0. The molecule has 0 radical (unpaired) electrons. The Labute approximate surface area is 174 Å². The van der Waals surface area contributed by atoms with Crippen molar-refractivity contribution in [1.29, 1.82) is 0 Å². The smallest absolute Gasteiger partial charge is 0.200 e. The topological polar surface area (TPSA) is 9.23 Å². The third-order valence-corrected chi connectivity index (χ3v) is 6.39. The fourth-order valence-electron chi connectivity index (χ4n) is 4.53. The molecule has 1 nitrogen and oxygen atoms in total. The quantitative estimate of drug-likeness (QED) is 0.406. The van der Waals surface area contributed by atoms with Crippen molar-refractivity contribution in [3.63, 3.8) is 0 Å². The van der Waals surface area contributed by atoms with Gasteiger partial charge in [-0.05, 0) is 88.2 Å². The van der Waals surface area contributed by atoms with Gasteiger partial charge < -0.3 is 4.74 Å². The first-order valence-corrected chi connectivity index (χ1v) is 11.3. The summed E-state index contributed by atoms with van der Waals surface area (Å²) in [5.41, 5.74) is 3.70. The molecule has 1 aromatic carbocycles. The molecule has 0 aromatic heterocycles. The highest BCUT2D eigenvalue weighted by atomic mass is 19.2. The molecule has 3 rings (SSSR count). The number of halogens is 2. The fourth-order valence-corrected chi connectivity index (χ4v) is 4.53. The van der Waals surface area contributed by atoms with Crippen LogP contribution in [0.4, 0.5) is 8.78 Å². The number of hydrogen-bond donors (Lipinski definition) is 0. The summed E-state index contributed by atoms with van der Waals surface area (Å²) in [7, 11) is 0. The summed E-state index contributed by atoms with van der Waals surface area (Å²) in [5, 5.41) is 0. The number of allylic oxidation sites excluding steroid dienone is 6. The Morgan fingerprint density at radius 2 is 1.90 bits per heavy atom. The van der Waals surface area contributed by atoms with Crippen LogP contribution in [0, 0.1) is 23.5 Å². The highest BCUT2D eigenvalue weighted by Gasteiger charge is 2.21. The normalized spacial score (nSPS) is 22.5. The first kappa shape index (κ1) is 21.8. The minimum absolute atomic E-state index is 0.00605. The van der Waals surface area contributed by atoms with Gasteiger partial charge in [-0.1, -0.05) is 48.4 Å². The van der Waals surface area contributed by atoms with E-state index in [0.29, 0.717) is 24.5 Å². The lowest BCUT2D eigenvalue weighted by molar-refractivity contribution is 0.313. The van der Waals surface area contributed by atoms with E-state index in [9.17, 15) is 8.78 Å². The molecule has 0 spiro atoms. The van der Waals surface area contributed by atoms with Crippen molar-refractivity contribution in [3.05, 3.63) is 64.8 Å². The highest BCUT2D eigenvalue weighted by Crippen LogP contribution is 2.36. The third kappa shape index (κ3) is 5.81. The van der Waals surface area contributed by atoms with Gasteiger partial charge in [0.15, 0.2) is 11.6 Å². The molecule has 3 heteroatoms. The molecule has 1 aromatic rings. The van der Waals surface area contributed by atoms with Crippen LogP contribution in [-0.2, 0) is 6.42 Å². The standard InChI is InChI=1S/C26H34F2O/c1-3-19-9-13-21(14-10-19)22-15-11-20(12-16-22)7-5-6-8-23-17-18-24(29-4-2)26(28)25(23)27/h5,7,9,15,17-18,20-21H,3-4,6,8,10-14,16H2,1-2H3/b7-5+. The van der Waals surface area contributed by atoms with Crippen molar-refractivity contribution in [2.24, 2.45) is 11.8 Å². The van der Waals surface area contributed by atoms with Gasteiger partial charge in [0.05, 0.1) is 6.61 Å². The minimum Gasteiger partial charge on any atom is -0.491 e. The van der Waals surface area contributed by atoms with E-state index in [4.69, 9.17) is 4.74 Å². The van der Waals surface area contributed by atoms with E-state index in [1.165, 1.54) is 44.6 Å². The van der Waals surface area contributed by atoms with Crippen LogP contribution in [0.3, 0.4) is 0 Å². The summed E-state index contributed by atoms with van der Waals surface area (Å²) in [5.74, 6) is -0.323. The molecule has 2 aliphatic carbocycles. The molecular formula is C26H34F2O. The molecule has 0 saturated carbocycles. The van der Waals surface area contributed by atoms with Gasteiger partial charge in [0, 0.05) is 0 Å². The molecular weight excluding hydrogens is 366 g/mol. The number of rotatable bonds is 8. The van der Waals surface area contributed by atoms with Gasteiger partial charge in [-0.2, -0.15) is 4.39 Å². The van der Waals surface area contributed by atoms with Crippen LogP contribution in [0.15, 0.2) is 47.6 Å². The Morgan fingerprint density at radius 1 is 1.03 bits per heavy atom. The number of aryl methyl sites for hydroxylation is 1. The molecule has 158 valence electrons. The lowest BCUT2D eigenvalue weighted by Crippen LogP contribution is -2.13. The van der Waals surface area contributed by atoms with Crippen LogP contribution < -0.4 is 4.74 Å². The molecule has 2 unspecified atom stereocenters. The lowest BCUT2D eigenvalue weighted by atomic mass is 9.77. The summed E-state index contributed by atoms with van der Waals surface area (Å²) < 4.78 is 33.2. The molecule has 2 atom stereocenters. The van der Waals surface area contributed by atoms with Crippen LogP contribution in [0.25, 0.3) is 0 Å². The number of hydrogen-bond acceptors (Lipinski definition) is 1. The molecule has 0 fully saturated rings. The second-order valence-corrected chi connectivity index (χ2v) is 8.25. The van der Waals surface area contributed by atoms with Crippen molar-refractivity contribution in [2.45, 2.75) is 71.6 Å². The van der Waals surface area contributed by atoms with Crippen LogP contribution >= 0.6 is 0 Å². The fraction of sp³-hybridized carbons (Fsp3) is 0.538.